The Hall–Kier alpha value is -9.14. The molecule has 2 heterocycles. The number of unbranched alkanes of at least 4 members (excludes halogenated alkanes) is 1. The van der Waals surface area contributed by atoms with Crippen LogP contribution in [0.2, 0.25) is 0 Å². The number of amides is 1. The third-order valence-electron chi connectivity index (χ3n) is 20.0. The number of hydrogen-bond acceptors (Lipinski definition) is 14. The molecule has 0 aliphatic carbocycles. The number of rotatable bonds is 33. The standard InChI is InChI=1S/C84H93B2N5O12S2/c1-59(2)79(92)34-19-20-48-88(55-65-24-9-15-30-75(65)85(94)95)58-72-68-27-12-11-26-67(68)71(57-89(49-21-47-87-82(93)60(3)4)56-66-25-10-16-31-76(66)86(96)97)69-44-43-64(54-70(69)72)63-41-37-61(38-42-63)35-36-62(39-45-80-83(5,6)73-28-13-17-32-77(73)90(80)50-22-52-104(98,99)100)40-46-81-84(7,8)74-29-14-18-33-78(74)91(81)51-23-53-105(101,102)103/h9-18,24-33,37-46,54,94-97H,1,3,19-23,34,47-53,55-58H2,2,4-8H3,(H2-,87,93,98,99,100,101,102,103). The lowest BCUT2D eigenvalue weighted by atomic mass is 9.77. The third-order valence-corrected chi connectivity index (χ3v) is 21.6. The van der Waals surface area contributed by atoms with Gasteiger partial charge in [0.05, 0.1) is 21.3 Å². The number of ketones is 1. The Morgan fingerprint density at radius 3 is 1.80 bits per heavy atom. The molecule has 0 saturated heterocycles. The Balaban J connectivity index is 1.09. The molecule has 0 fully saturated rings. The predicted molar refractivity (Wildman–Crippen MR) is 422 cm³/mol. The number of carbonyl (C=O) groups excluding carboxylic acids is 2. The molecule has 105 heavy (non-hydrogen) atoms. The highest BCUT2D eigenvalue weighted by Gasteiger charge is 2.44. The van der Waals surface area contributed by atoms with Crippen molar-refractivity contribution in [3.8, 4) is 23.0 Å². The molecule has 0 radical (unpaired) electrons. The topological polar surface area (TPSA) is 251 Å². The largest absolute Gasteiger partial charge is 0.748 e. The van der Waals surface area contributed by atoms with Crippen molar-refractivity contribution in [2.24, 2.45) is 0 Å². The van der Waals surface area contributed by atoms with Gasteiger partial charge in [0, 0.05) is 116 Å². The summed E-state index contributed by atoms with van der Waals surface area (Å²) in [5, 5.41) is 49.5. The lowest BCUT2D eigenvalue weighted by Gasteiger charge is -2.28. The van der Waals surface area contributed by atoms with Crippen molar-refractivity contribution in [3.05, 3.63) is 263 Å². The Bertz CT molecular complexity index is 5030. The van der Waals surface area contributed by atoms with Crippen molar-refractivity contribution in [2.45, 2.75) is 117 Å². The summed E-state index contributed by atoms with van der Waals surface area (Å²) in [4.78, 5) is 32.2. The van der Waals surface area contributed by atoms with Gasteiger partial charge >= 0.3 is 14.2 Å². The number of fused-ring (bicyclic) bond motifs is 4. The van der Waals surface area contributed by atoms with Crippen LogP contribution >= 0.6 is 0 Å². The molecule has 10 rings (SSSR count). The Labute approximate surface area is 619 Å². The minimum absolute atomic E-state index is 0.00961. The van der Waals surface area contributed by atoms with Crippen LogP contribution in [-0.2, 0) is 66.8 Å². The Morgan fingerprint density at radius 2 is 1.19 bits per heavy atom. The molecule has 8 aromatic rings. The van der Waals surface area contributed by atoms with Crippen LogP contribution in [0.4, 0.5) is 11.4 Å². The summed E-state index contributed by atoms with van der Waals surface area (Å²) in [5.74, 6) is 5.79. The van der Waals surface area contributed by atoms with Crippen molar-refractivity contribution in [3.63, 3.8) is 0 Å². The number of benzene rings is 8. The lowest BCUT2D eigenvalue weighted by Crippen LogP contribution is -2.36. The quantitative estimate of drug-likeness (QED) is 0.00327. The molecule has 21 heteroatoms. The second-order valence-electron chi connectivity index (χ2n) is 28.4. The molecule has 2 aliphatic heterocycles. The van der Waals surface area contributed by atoms with Crippen LogP contribution in [0.1, 0.15) is 119 Å². The smallest absolute Gasteiger partial charge is 0.488 e. The number of Topliss-reactive ketones (excluding diaryl/α,β-unsaturated/α-hetero) is 1. The van der Waals surface area contributed by atoms with E-state index in [1.165, 1.54) is 0 Å². The number of para-hydroxylation sites is 2. The first kappa shape index (κ1) is 78.4. The van der Waals surface area contributed by atoms with Crippen LogP contribution in [0, 0.1) is 11.8 Å². The molecule has 0 bridgehead atoms. The van der Waals surface area contributed by atoms with Gasteiger partial charge in [0.15, 0.2) is 11.5 Å². The van der Waals surface area contributed by atoms with E-state index in [-0.39, 0.29) is 31.1 Å². The number of allylic oxidation sites excluding steroid dienone is 7. The normalized spacial score (nSPS) is 14.5. The van der Waals surface area contributed by atoms with Crippen molar-refractivity contribution in [1.29, 1.82) is 0 Å². The highest BCUT2D eigenvalue weighted by atomic mass is 32.2. The van der Waals surface area contributed by atoms with E-state index in [0.29, 0.717) is 111 Å². The zero-order valence-electron chi connectivity index (χ0n) is 60.7. The highest BCUT2D eigenvalue weighted by Crippen LogP contribution is 2.48. The van der Waals surface area contributed by atoms with Gasteiger partial charge in [-0.15, -0.1) is 0 Å². The average molecular weight is 1450 g/mol. The number of hydrogen-bond donors (Lipinski definition) is 6. The highest BCUT2D eigenvalue weighted by molar-refractivity contribution is 7.85. The van der Waals surface area contributed by atoms with Crippen LogP contribution < -0.4 is 21.1 Å². The number of nitrogens with zero attached hydrogens (tertiary/aromatic N) is 4. The fraction of sp³-hybridized carbons (Fsp3) is 0.298. The van der Waals surface area contributed by atoms with Crippen molar-refractivity contribution >= 4 is 95.7 Å². The molecule has 0 saturated carbocycles. The van der Waals surface area contributed by atoms with Crippen LogP contribution in [0.5, 0.6) is 0 Å². The van der Waals surface area contributed by atoms with E-state index < -0.39 is 56.8 Å². The molecule has 1 amide bonds. The lowest BCUT2D eigenvalue weighted by molar-refractivity contribution is -0.437. The summed E-state index contributed by atoms with van der Waals surface area (Å²) in [7, 11) is -12.1. The minimum Gasteiger partial charge on any atom is -0.748 e. The van der Waals surface area contributed by atoms with E-state index in [2.05, 4.69) is 120 Å². The summed E-state index contributed by atoms with van der Waals surface area (Å²) in [6.07, 6.45) is 10.4. The molecule has 0 aromatic heterocycles. The summed E-state index contributed by atoms with van der Waals surface area (Å²) < 4.78 is 71.5. The summed E-state index contributed by atoms with van der Waals surface area (Å²) in [6.45, 7) is 23.2. The van der Waals surface area contributed by atoms with Gasteiger partial charge in [-0.2, -0.15) is 13.0 Å². The first-order chi connectivity index (χ1) is 50.0. The van der Waals surface area contributed by atoms with Gasteiger partial charge in [-0.3, -0.25) is 23.9 Å². The third kappa shape index (κ3) is 19.7. The van der Waals surface area contributed by atoms with Crippen LogP contribution in [0.25, 0.3) is 32.7 Å². The first-order valence-corrected chi connectivity index (χ1v) is 38.8. The summed E-state index contributed by atoms with van der Waals surface area (Å²) in [6, 6.07) is 53.4. The SMILES string of the molecule is C=C(C)C(=O)CCCCN(Cc1ccccc1B(O)O)Cc1c2ccccc2c(CN(CCCNC(=O)C(=C)C)Cc2ccccc2B(O)O)c2ccc(-c3ccc(C#CC(=C\C=C4/N(CCCS(=O)(=O)O)c5ccccc5C4(C)C)/C=C/C4=[N+](CCCS(=O)(=O)[O-])c5ccccc5C4(C)C)cc3)cc12. The van der Waals surface area contributed by atoms with E-state index >= 15 is 0 Å². The monoisotopic (exact) mass is 1450 g/mol. The summed E-state index contributed by atoms with van der Waals surface area (Å²) >= 11 is 0. The maximum absolute atomic E-state index is 12.9. The fourth-order valence-electron chi connectivity index (χ4n) is 14.5. The van der Waals surface area contributed by atoms with E-state index in [4.69, 9.17) is 0 Å². The van der Waals surface area contributed by atoms with Crippen LogP contribution in [-0.4, -0.2) is 136 Å². The second-order valence-corrected chi connectivity index (χ2v) is 31.5. The maximum Gasteiger partial charge on any atom is 0.488 e. The van der Waals surface area contributed by atoms with Gasteiger partial charge in [-0.1, -0.05) is 172 Å². The number of nitrogens with one attached hydrogen (secondary N) is 1. The summed E-state index contributed by atoms with van der Waals surface area (Å²) in [5.41, 5.74) is 13.1. The van der Waals surface area contributed by atoms with Crippen LogP contribution in [0.15, 0.2) is 224 Å². The second kappa shape index (κ2) is 34.4. The van der Waals surface area contributed by atoms with E-state index in [0.717, 1.165) is 88.8 Å². The van der Waals surface area contributed by atoms with Gasteiger partial charge in [-0.25, -0.2) is 8.42 Å². The zero-order chi connectivity index (χ0) is 75.4. The molecule has 0 spiro atoms. The molecule has 0 unspecified atom stereocenters. The molecular weight excluding hydrogens is 1360 g/mol. The van der Waals surface area contributed by atoms with Gasteiger partial charge < -0.3 is 34.9 Å². The average Bonchev–Trinajstić information content (AvgIpc) is 1.72. The maximum atomic E-state index is 12.9. The zero-order valence-corrected chi connectivity index (χ0v) is 62.3. The van der Waals surface area contributed by atoms with E-state index in [1.807, 2.05) is 121 Å². The van der Waals surface area contributed by atoms with Gasteiger partial charge in [0.2, 0.25) is 11.6 Å². The van der Waals surface area contributed by atoms with Crippen molar-refractivity contribution in [1.82, 2.24) is 15.1 Å². The van der Waals surface area contributed by atoms with Crippen LogP contribution in [0.3, 0.4) is 0 Å². The molecule has 0 atom stereocenters. The molecule has 8 aromatic carbocycles. The van der Waals surface area contributed by atoms with Gasteiger partial charge in [0.25, 0.3) is 10.1 Å². The van der Waals surface area contributed by atoms with E-state index in [9.17, 15) is 55.6 Å². The predicted octanol–water partition coefficient (Wildman–Crippen LogP) is 11.2. The van der Waals surface area contributed by atoms with E-state index in [1.54, 1.807) is 38.1 Å². The van der Waals surface area contributed by atoms with Gasteiger partial charge in [-0.05, 0) is 179 Å². The number of carbonyl (C=O) groups is 2. The molecule has 17 nitrogen and oxygen atoms in total. The van der Waals surface area contributed by atoms with Gasteiger partial charge in [0.1, 0.15) is 6.54 Å². The molecule has 544 valence electrons. The first-order valence-electron chi connectivity index (χ1n) is 35.6. The Morgan fingerprint density at radius 1 is 0.629 bits per heavy atom. The molecule has 2 aliphatic rings. The molecular formula is C84H93B2N5O12S2. The minimum atomic E-state index is -4.48. The number of anilines is 1. The molecule has 6 N–H and O–H groups in total. The van der Waals surface area contributed by atoms with Crippen molar-refractivity contribution in [2.75, 3.05) is 49.1 Å². The van der Waals surface area contributed by atoms with Crippen molar-refractivity contribution < 1.29 is 60.2 Å². The fourth-order valence-corrected chi connectivity index (χ4v) is 15.5. The Kier molecular flexibility index (Phi) is 25.7.